The van der Waals surface area contributed by atoms with E-state index in [1.54, 1.807) is 48.7 Å². The van der Waals surface area contributed by atoms with E-state index in [9.17, 15) is 43.8 Å². The third-order valence-electron chi connectivity index (χ3n) is 7.34. The number of benzene rings is 2. The number of phenols is 1. The summed E-state index contributed by atoms with van der Waals surface area (Å²) in [5.41, 5.74) is 7.33. The summed E-state index contributed by atoms with van der Waals surface area (Å²) in [6, 6.07) is 8.84. The molecule has 0 aliphatic heterocycles. The quantitative estimate of drug-likeness (QED) is 0.0775. The molecule has 272 valence electrons. The number of amides is 5. The van der Waals surface area contributed by atoms with Gasteiger partial charge in [0.05, 0.1) is 12.6 Å². The second-order valence-corrected chi connectivity index (χ2v) is 12.4. The number of thioether (sulfide) groups is 1. The van der Waals surface area contributed by atoms with Crippen LogP contribution >= 0.6 is 11.8 Å². The Morgan fingerprint density at radius 2 is 1.32 bits per heavy atom. The summed E-state index contributed by atoms with van der Waals surface area (Å²) in [6.45, 7) is 0.845. The van der Waals surface area contributed by atoms with Crippen molar-refractivity contribution < 1.29 is 48.9 Å². The molecular weight excluding hydrogens is 672 g/mol. The van der Waals surface area contributed by atoms with Crippen molar-refractivity contribution in [2.75, 3.05) is 18.6 Å². The van der Waals surface area contributed by atoms with Crippen molar-refractivity contribution in [1.29, 1.82) is 0 Å². The summed E-state index contributed by atoms with van der Waals surface area (Å²) in [6.07, 6.45) is 1.17. The highest BCUT2D eigenvalue weighted by atomic mass is 32.2. The minimum Gasteiger partial charge on any atom is -0.508 e. The van der Waals surface area contributed by atoms with Crippen LogP contribution in [0.1, 0.15) is 37.3 Å². The molecule has 5 amide bonds. The number of hydrogen-bond acceptors (Lipinski definition) is 10. The van der Waals surface area contributed by atoms with Gasteiger partial charge in [-0.05, 0) is 61.5 Å². The van der Waals surface area contributed by atoms with Crippen LogP contribution in [-0.4, -0.2) is 106 Å². The van der Waals surface area contributed by atoms with Crippen molar-refractivity contribution in [2.45, 2.75) is 69.2 Å². The van der Waals surface area contributed by atoms with E-state index in [1.165, 1.54) is 30.8 Å². The Morgan fingerprint density at radius 3 is 1.92 bits per heavy atom. The normalized spacial score (nSPS) is 13.7. The van der Waals surface area contributed by atoms with E-state index in [0.717, 1.165) is 0 Å². The summed E-state index contributed by atoms with van der Waals surface area (Å²) in [5.74, 6) is -5.84. The molecule has 50 heavy (non-hydrogen) atoms. The third-order valence-corrected chi connectivity index (χ3v) is 7.99. The first-order valence-electron chi connectivity index (χ1n) is 15.7. The highest BCUT2D eigenvalue weighted by Gasteiger charge is 2.30. The first-order valence-corrected chi connectivity index (χ1v) is 17.1. The van der Waals surface area contributed by atoms with Crippen molar-refractivity contribution in [3.05, 3.63) is 65.7 Å². The maximum absolute atomic E-state index is 13.5. The zero-order valence-corrected chi connectivity index (χ0v) is 28.5. The minimum absolute atomic E-state index is 0.00493. The van der Waals surface area contributed by atoms with E-state index in [-0.39, 0.29) is 31.4 Å². The smallest absolute Gasteiger partial charge is 0.326 e. The number of nitrogens with two attached hydrogens (primary N) is 1. The van der Waals surface area contributed by atoms with Crippen LogP contribution < -0.4 is 32.3 Å². The number of carboxylic acid groups (broad SMARTS) is 2. The molecule has 17 heteroatoms. The van der Waals surface area contributed by atoms with Gasteiger partial charge in [-0.3, -0.25) is 28.8 Å². The first-order chi connectivity index (χ1) is 23.7. The van der Waals surface area contributed by atoms with Crippen molar-refractivity contribution in [2.24, 2.45) is 5.73 Å². The summed E-state index contributed by atoms with van der Waals surface area (Å²) < 4.78 is 0. The minimum atomic E-state index is -1.50. The maximum Gasteiger partial charge on any atom is 0.326 e. The summed E-state index contributed by atoms with van der Waals surface area (Å²) >= 11 is 1.38. The molecule has 0 aliphatic rings. The number of nitrogens with one attached hydrogen (secondary N) is 5. The number of carbonyl (C=O) groups excluding carboxylic acids is 5. The van der Waals surface area contributed by atoms with Gasteiger partial charge in [0.25, 0.3) is 0 Å². The van der Waals surface area contributed by atoms with E-state index in [4.69, 9.17) is 10.8 Å². The topological polar surface area (TPSA) is 266 Å². The molecule has 5 atom stereocenters. The summed E-state index contributed by atoms with van der Waals surface area (Å²) in [5, 5.41) is 40.1. The van der Waals surface area contributed by atoms with E-state index in [1.807, 2.05) is 0 Å². The molecule has 2 aromatic rings. The van der Waals surface area contributed by atoms with Crippen LogP contribution in [-0.2, 0) is 46.4 Å². The molecule has 0 unspecified atom stereocenters. The molecule has 16 nitrogen and oxygen atoms in total. The molecule has 0 aromatic heterocycles. The highest BCUT2D eigenvalue weighted by Crippen LogP contribution is 2.11. The zero-order chi connectivity index (χ0) is 37.2. The molecule has 10 N–H and O–H groups in total. The van der Waals surface area contributed by atoms with Crippen LogP contribution in [0.25, 0.3) is 0 Å². The fourth-order valence-corrected chi connectivity index (χ4v) is 5.04. The van der Waals surface area contributed by atoms with Crippen LogP contribution in [0.15, 0.2) is 54.6 Å². The van der Waals surface area contributed by atoms with Crippen molar-refractivity contribution in [1.82, 2.24) is 26.6 Å². The predicted octanol–water partition coefficient (Wildman–Crippen LogP) is -0.717. The van der Waals surface area contributed by atoms with Gasteiger partial charge in [0.2, 0.25) is 29.5 Å². The van der Waals surface area contributed by atoms with E-state index < -0.39 is 84.6 Å². The molecule has 0 fully saturated rings. The van der Waals surface area contributed by atoms with E-state index in [2.05, 4.69) is 26.6 Å². The lowest BCUT2D eigenvalue weighted by Gasteiger charge is -2.24. The average Bonchev–Trinajstić information content (AvgIpc) is 3.07. The van der Waals surface area contributed by atoms with Crippen molar-refractivity contribution in [3.8, 4) is 5.75 Å². The number of phenolic OH excluding ortho intramolecular Hbond substituents is 1. The monoisotopic (exact) mass is 716 g/mol. The van der Waals surface area contributed by atoms with Crippen LogP contribution in [0.4, 0.5) is 0 Å². The Hall–Kier alpha value is -5.16. The maximum atomic E-state index is 13.5. The van der Waals surface area contributed by atoms with Crippen LogP contribution in [0.2, 0.25) is 0 Å². The predicted molar refractivity (Wildman–Crippen MR) is 184 cm³/mol. The van der Waals surface area contributed by atoms with E-state index >= 15 is 0 Å². The lowest BCUT2D eigenvalue weighted by Crippen LogP contribution is -2.57. The number of carbonyl (C=O) groups is 7. The molecule has 0 saturated heterocycles. The molecular formula is C33H44N6O10S. The fraction of sp³-hybridized carbons (Fsp3) is 0.424. The third kappa shape index (κ3) is 14.9. The molecule has 0 saturated carbocycles. The number of hydrogen-bond donors (Lipinski definition) is 9. The number of rotatable bonds is 21. The molecule has 0 aliphatic carbocycles. The first kappa shape index (κ1) is 41.0. The summed E-state index contributed by atoms with van der Waals surface area (Å²) in [7, 11) is 0. The van der Waals surface area contributed by atoms with Gasteiger partial charge in [-0.2, -0.15) is 11.8 Å². The van der Waals surface area contributed by atoms with Gasteiger partial charge in [0, 0.05) is 12.8 Å². The van der Waals surface area contributed by atoms with Gasteiger partial charge in [0.15, 0.2) is 0 Å². The highest BCUT2D eigenvalue weighted by molar-refractivity contribution is 7.98. The SMILES string of the molecule is CSCC[C@H](NC(=O)[C@H](Cc1ccccc1)NC(=O)CNC(=O)[C@@H](C)NC(=O)[C@@H](N)Cc1ccc(O)cc1)C(=O)N[C@@H](CCC(=O)O)C(=O)O. The van der Waals surface area contributed by atoms with Gasteiger partial charge in [-0.1, -0.05) is 42.5 Å². The Bertz CT molecular complexity index is 1480. The largest absolute Gasteiger partial charge is 0.508 e. The van der Waals surface area contributed by atoms with Gasteiger partial charge >= 0.3 is 11.9 Å². The molecule has 0 bridgehead atoms. The summed E-state index contributed by atoms with van der Waals surface area (Å²) in [4.78, 5) is 87.3. The van der Waals surface area contributed by atoms with Crippen LogP contribution in [0.5, 0.6) is 5.75 Å². The lowest BCUT2D eigenvalue weighted by molar-refractivity contribution is -0.143. The molecule has 0 radical (unpaired) electrons. The van der Waals surface area contributed by atoms with Gasteiger partial charge in [-0.15, -0.1) is 0 Å². The Balaban J connectivity index is 2.05. The van der Waals surface area contributed by atoms with E-state index in [0.29, 0.717) is 16.9 Å². The number of aromatic hydroxyl groups is 1. The Morgan fingerprint density at radius 1 is 0.720 bits per heavy atom. The second-order valence-electron chi connectivity index (χ2n) is 11.4. The van der Waals surface area contributed by atoms with Gasteiger partial charge < -0.3 is 47.6 Å². The molecule has 2 rings (SSSR count). The van der Waals surface area contributed by atoms with Crippen LogP contribution in [0, 0.1) is 0 Å². The van der Waals surface area contributed by atoms with Crippen LogP contribution in [0.3, 0.4) is 0 Å². The van der Waals surface area contributed by atoms with Crippen molar-refractivity contribution in [3.63, 3.8) is 0 Å². The van der Waals surface area contributed by atoms with Gasteiger partial charge in [-0.25, -0.2) is 4.79 Å². The number of aliphatic carboxylic acids is 2. The lowest BCUT2D eigenvalue weighted by atomic mass is 10.0. The van der Waals surface area contributed by atoms with Crippen molar-refractivity contribution >= 4 is 53.2 Å². The fourth-order valence-electron chi connectivity index (χ4n) is 4.56. The Kier molecular flexibility index (Phi) is 17.3. The second kappa shape index (κ2) is 21.0. The zero-order valence-electron chi connectivity index (χ0n) is 27.7. The average molecular weight is 717 g/mol. The number of carboxylic acids is 2. The Labute approximate surface area is 293 Å². The molecule has 0 spiro atoms. The molecule has 0 heterocycles. The molecule has 2 aromatic carbocycles. The van der Waals surface area contributed by atoms with Gasteiger partial charge in [0.1, 0.15) is 29.9 Å². The standard InChI is InChI=1S/C33H44N6O10S/c1-19(36-30(45)23(34)16-21-8-10-22(40)11-9-21)29(44)35-18-27(41)37-26(17-20-6-4-3-5-7-20)32(47)38-24(14-15-50-2)31(46)39-25(33(48)49)12-13-28(42)43/h3-11,19,23-26,40H,12-18,34H2,1-2H3,(H,35,44)(H,36,45)(H,37,41)(H,38,47)(H,39,46)(H,42,43)(H,48,49)/t19-,23+,24+,25+,26+/m1/s1.